The summed E-state index contributed by atoms with van der Waals surface area (Å²) in [5.74, 6) is 0.473. The van der Waals surface area contributed by atoms with Crippen molar-refractivity contribution in [3.05, 3.63) is 66.2 Å². The number of aliphatic hydroxyl groups excluding tert-OH is 1. The molecule has 7 nitrogen and oxygen atoms in total. The summed E-state index contributed by atoms with van der Waals surface area (Å²) in [5, 5.41) is 16.9. The number of likely N-dealkylation sites (tertiary alicyclic amines) is 1. The van der Waals surface area contributed by atoms with Gasteiger partial charge in [0.25, 0.3) is 5.91 Å². The van der Waals surface area contributed by atoms with Crippen LogP contribution in [0.3, 0.4) is 0 Å². The lowest BCUT2D eigenvalue weighted by atomic mass is 10.1. The molecule has 3 N–H and O–H groups in total. The number of hydrogen-bond donors (Lipinski definition) is 3. The van der Waals surface area contributed by atoms with E-state index in [9.17, 15) is 14.7 Å². The lowest BCUT2D eigenvalue weighted by Gasteiger charge is -2.38. The monoisotopic (exact) mass is 468 g/mol. The van der Waals surface area contributed by atoms with E-state index < -0.39 is 12.1 Å². The molecule has 0 radical (unpaired) electrons. The molecule has 0 bridgehead atoms. The van der Waals surface area contributed by atoms with Crippen molar-refractivity contribution in [1.29, 1.82) is 0 Å². The highest BCUT2D eigenvalue weighted by molar-refractivity contribution is 5.81. The number of carbonyl (C=O) groups excluding carboxylic acids is 2. The number of carbonyl (C=O) groups is 2. The number of rotatable bonds is 10. The predicted octanol–water partition coefficient (Wildman–Crippen LogP) is 3.33. The maximum absolute atomic E-state index is 13.2. The molecule has 0 spiro atoms. The number of para-hydroxylation sites is 1. The molecule has 2 aromatic rings. The summed E-state index contributed by atoms with van der Waals surface area (Å²) in [6, 6.07) is 18.7. The van der Waals surface area contributed by atoms with Crippen molar-refractivity contribution in [2.45, 2.75) is 70.7 Å². The summed E-state index contributed by atoms with van der Waals surface area (Å²) < 4.78 is 0.0265. The first-order chi connectivity index (χ1) is 16.2. The van der Waals surface area contributed by atoms with Crippen LogP contribution in [0.1, 0.15) is 52.0 Å². The van der Waals surface area contributed by atoms with Gasteiger partial charge in [-0.1, -0.05) is 48.5 Å². The summed E-state index contributed by atoms with van der Waals surface area (Å²) in [6.07, 6.45) is 1.22. The molecular formula is C27H38N3O4+. The van der Waals surface area contributed by atoms with Crippen molar-refractivity contribution in [2.24, 2.45) is 0 Å². The average molecular weight is 469 g/mol. The number of nitrogens with zero attached hydrogens (tertiary/aromatic N) is 1. The molecule has 0 aromatic heterocycles. The minimum atomic E-state index is -0.783. The Bertz CT molecular complexity index is 930. The summed E-state index contributed by atoms with van der Waals surface area (Å²) in [6.45, 7) is 7.18. The maximum Gasteiger partial charge on any atom is 0.282 e. The van der Waals surface area contributed by atoms with Gasteiger partial charge in [-0.25, -0.2) is 0 Å². The summed E-state index contributed by atoms with van der Waals surface area (Å²) >= 11 is 0. The minimum Gasteiger partial charge on any atom is -0.387 e. The number of amides is 2. The molecule has 3 rings (SSSR count). The van der Waals surface area contributed by atoms with Crippen LogP contribution in [0.15, 0.2) is 60.7 Å². The first kappa shape index (κ1) is 25.7. The van der Waals surface area contributed by atoms with Gasteiger partial charge in [-0.2, -0.15) is 0 Å². The van der Waals surface area contributed by atoms with Gasteiger partial charge in [0.2, 0.25) is 11.9 Å². The third-order valence-corrected chi connectivity index (χ3v) is 5.97. The van der Waals surface area contributed by atoms with Crippen LogP contribution in [-0.4, -0.2) is 52.3 Å². The number of benzene rings is 2. The SMILES string of the molecule is CC(C)(C)NC(=O)[C@@H]1CCC[N@+]1(C[C@@H](O)CCC(=O)NCc1ccccc1)Oc1ccccc1. The lowest BCUT2D eigenvalue weighted by molar-refractivity contribution is -1.08. The molecule has 3 atom stereocenters. The smallest absolute Gasteiger partial charge is 0.282 e. The fourth-order valence-corrected chi connectivity index (χ4v) is 4.43. The third kappa shape index (κ3) is 7.57. The van der Waals surface area contributed by atoms with Crippen LogP contribution in [0.4, 0.5) is 0 Å². The zero-order valence-corrected chi connectivity index (χ0v) is 20.5. The van der Waals surface area contributed by atoms with Gasteiger partial charge in [-0.05, 0) is 44.9 Å². The molecule has 1 aliphatic rings. The predicted molar refractivity (Wildman–Crippen MR) is 132 cm³/mol. The quantitative estimate of drug-likeness (QED) is 0.467. The Balaban J connectivity index is 1.64. The second-order valence-electron chi connectivity index (χ2n) is 10.1. The van der Waals surface area contributed by atoms with Crippen LogP contribution in [0, 0.1) is 0 Å². The maximum atomic E-state index is 13.2. The van der Waals surface area contributed by atoms with E-state index in [4.69, 9.17) is 4.84 Å². The molecule has 1 saturated heterocycles. The van der Waals surface area contributed by atoms with Gasteiger partial charge in [-0.15, -0.1) is 4.65 Å². The molecule has 34 heavy (non-hydrogen) atoms. The van der Waals surface area contributed by atoms with E-state index in [1.807, 2.05) is 81.4 Å². The van der Waals surface area contributed by atoms with Crippen LogP contribution in [-0.2, 0) is 16.1 Å². The fraction of sp³-hybridized carbons (Fsp3) is 0.481. The first-order valence-corrected chi connectivity index (χ1v) is 12.1. The van der Waals surface area contributed by atoms with Crippen molar-refractivity contribution >= 4 is 11.8 Å². The largest absolute Gasteiger partial charge is 0.387 e. The van der Waals surface area contributed by atoms with E-state index in [2.05, 4.69) is 10.6 Å². The van der Waals surface area contributed by atoms with Crippen molar-refractivity contribution in [3.63, 3.8) is 0 Å². The second kappa shape index (κ2) is 11.5. The number of hydrogen-bond acceptors (Lipinski definition) is 4. The van der Waals surface area contributed by atoms with Crippen molar-refractivity contribution < 1.29 is 24.2 Å². The Morgan fingerprint density at radius 2 is 1.74 bits per heavy atom. The molecule has 0 saturated carbocycles. The molecule has 1 heterocycles. The van der Waals surface area contributed by atoms with Crippen LogP contribution in [0.25, 0.3) is 0 Å². The van der Waals surface area contributed by atoms with E-state index in [0.717, 1.165) is 12.0 Å². The molecule has 1 fully saturated rings. The molecule has 2 aromatic carbocycles. The molecule has 184 valence electrons. The molecule has 0 unspecified atom stereocenters. The Morgan fingerprint density at radius 1 is 1.09 bits per heavy atom. The molecule has 0 aliphatic carbocycles. The van der Waals surface area contributed by atoms with Crippen LogP contribution >= 0.6 is 0 Å². The Kier molecular flexibility index (Phi) is 8.69. The zero-order chi connectivity index (χ0) is 24.6. The second-order valence-corrected chi connectivity index (χ2v) is 10.1. The highest BCUT2D eigenvalue weighted by atomic mass is 16.7. The zero-order valence-electron chi connectivity index (χ0n) is 20.5. The molecular weight excluding hydrogens is 430 g/mol. The van der Waals surface area contributed by atoms with Gasteiger partial charge in [0.15, 0.2) is 5.75 Å². The van der Waals surface area contributed by atoms with E-state index >= 15 is 0 Å². The molecule has 1 aliphatic heterocycles. The normalized spacial score (nSPS) is 21.0. The van der Waals surface area contributed by atoms with Crippen LogP contribution in [0.2, 0.25) is 0 Å². The highest BCUT2D eigenvalue weighted by Crippen LogP contribution is 2.31. The minimum absolute atomic E-state index is 0.0265. The Morgan fingerprint density at radius 3 is 2.38 bits per heavy atom. The number of quaternary nitrogens is 1. The van der Waals surface area contributed by atoms with Crippen molar-refractivity contribution in [1.82, 2.24) is 10.6 Å². The Labute approximate surface area is 202 Å². The van der Waals surface area contributed by atoms with Gasteiger partial charge in [0.05, 0.1) is 0 Å². The van der Waals surface area contributed by atoms with Crippen LogP contribution in [0.5, 0.6) is 5.75 Å². The van der Waals surface area contributed by atoms with E-state index in [1.54, 1.807) is 0 Å². The molecule has 7 heteroatoms. The first-order valence-electron chi connectivity index (χ1n) is 12.1. The van der Waals surface area contributed by atoms with Gasteiger partial charge in [0.1, 0.15) is 19.2 Å². The van der Waals surface area contributed by atoms with Crippen molar-refractivity contribution in [3.8, 4) is 5.75 Å². The Hall–Kier alpha value is -2.90. The summed E-state index contributed by atoms with van der Waals surface area (Å²) in [4.78, 5) is 31.9. The summed E-state index contributed by atoms with van der Waals surface area (Å²) in [5.41, 5.74) is 0.666. The van der Waals surface area contributed by atoms with Gasteiger partial charge >= 0.3 is 0 Å². The summed E-state index contributed by atoms with van der Waals surface area (Å²) in [7, 11) is 0. The lowest BCUT2D eigenvalue weighted by Crippen LogP contribution is -2.63. The number of nitrogens with one attached hydrogen (secondary N) is 2. The number of hydroxylamine groups is 3. The van der Waals surface area contributed by atoms with Gasteiger partial charge in [-0.3, -0.25) is 9.59 Å². The van der Waals surface area contributed by atoms with E-state index in [-0.39, 0.29) is 35.0 Å². The highest BCUT2D eigenvalue weighted by Gasteiger charge is 2.51. The van der Waals surface area contributed by atoms with E-state index in [1.165, 1.54) is 0 Å². The number of aliphatic hydroxyl groups is 1. The van der Waals surface area contributed by atoms with E-state index in [0.29, 0.717) is 31.7 Å². The fourth-order valence-electron chi connectivity index (χ4n) is 4.43. The van der Waals surface area contributed by atoms with Gasteiger partial charge in [0, 0.05) is 31.3 Å². The average Bonchev–Trinajstić information content (AvgIpc) is 3.19. The van der Waals surface area contributed by atoms with Gasteiger partial charge < -0.3 is 20.6 Å². The topological polar surface area (TPSA) is 87.7 Å². The standard InChI is InChI=1S/C27H37N3O4/c1-27(2,3)29-26(33)24-15-10-18-30(24,34-23-13-8-5-9-14-23)20-22(31)16-17-25(32)28-19-21-11-6-4-7-12-21/h4-9,11-14,22,24,31H,10,15-20H2,1-3H3,(H-,28,29,32,33)/p+1/t22-,24-,30+/m0/s1. The van der Waals surface area contributed by atoms with Crippen LogP contribution < -0.4 is 15.5 Å². The van der Waals surface area contributed by atoms with Crippen molar-refractivity contribution in [2.75, 3.05) is 13.1 Å². The molecule has 2 amide bonds. The third-order valence-electron chi connectivity index (χ3n) is 5.97.